The zero-order valence-corrected chi connectivity index (χ0v) is 13.6. The predicted octanol–water partition coefficient (Wildman–Crippen LogP) is 2.36. The van der Waals surface area contributed by atoms with Crippen LogP contribution in [0.15, 0.2) is 36.5 Å². The summed E-state index contributed by atoms with van der Waals surface area (Å²) in [6.45, 7) is 7.87. The van der Waals surface area contributed by atoms with Crippen LogP contribution >= 0.6 is 0 Å². The summed E-state index contributed by atoms with van der Waals surface area (Å²) in [7, 11) is 0. The lowest BCUT2D eigenvalue weighted by Crippen LogP contribution is -2.43. The zero-order chi connectivity index (χ0) is 16.2. The molecule has 1 saturated heterocycles. The standard InChI is InChI=1S/C18H22N4O/c1-13-3-4-14(2)16(11-13)18(23)21-17-6-5-15(12-20-17)22-9-7-19-8-10-22/h3-6,11-12,19H,7-10H2,1-2H3,(H,20,21,23). The molecule has 0 unspecified atom stereocenters. The first-order valence-corrected chi connectivity index (χ1v) is 7.94. The van der Waals surface area contributed by atoms with Crippen LogP contribution in [0.25, 0.3) is 0 Å². The summed E-state index contributed by atoms with van der Waals surface area (Å²) in [6, 6.07) is 9.75. The Hall–Kier alpha value is -2.40. The van der Waals surface area contributed by atoms with E-state index in [0.717, 1.165) is 43.0 Å². The number of carbonyl (C=O) groups is 1. The van der Waals surface area contributed by atoms with Gasteiger partial charge in [0, 0.05) is 31.7 Å². The number of benzene rings is 1. The molecule has 3 rings (SSSR count). The molecule has 1 aliphatic heterocycles. The maximum absolute atomic E-state index is 12.4. The minimum Gasteiger partial charge on any atom is -0.368 e. The van der Waals surface area contributed by atoms with Gasteiger partial charge in [0.1, 0.15) is 5.82 Å². The molecule has 0 aliphatic carbocycles. The summed E-state index contributed by atoms with van der Waals surface area (Å²) < 4.78 is 0. The molecule has 0 spiro atoms. The summed E-state index contributed by atoms with van der Waals surface area (Å²) in [5.74, 6) is 0.461. The number of hydrogen-bond donors (Lipinski definition) is 2. The number of amides is 1. The van der Waals surface area contributed by atoms with Crippen LogP contribution in [0.4, 0.5) is 11.5 Å². The molecule has 1 aromatic carbocycles. The second-order valence-corrected chi connectivity index (χ2v) is 5.91. The van der Waals surface area contributed by atoms with Crippen LogP contribution in [-0.4, -0.2) is 37.1 Å². The number of pyridine rings is 1. The lowest BCUT2D eigenvalue weighted by molar-refractivity contribution is 0.102. The average Bonchev–Trinajstić information content (AvgIpc) is 2.58. The third kappa shape index (κ3) is 3.68. The van der Waals surface area contributed by atoms with Crippen LogP contribution in [0.2, 0.25) is 0 Å². The smallest absolute Gasteiger partial charge is 0.257 e. The SMILES string of the molecule is Cc1ccc(C)c(C(=O)Nc2ccc(N3CCNCC3)cn2)c1. The molecule has 23 heavy (non-hydrogen) atoms. The predicted molar refractivity (Wildman–Crippen MR) is 93.2 cm³/mol. The summed E-state index contributed by atoms with van der Waals surface area (Å²) in [5, 5.41) is 6.21. The highest BCUT2D eigenvalue weighted by molar-refractivity contribution is 6.04. The molecule has 2 N–H and O–H groups in total. The van der Waals surface area contributed by atoms with Gasteiger partial charge in [0.05, 0.1) is 11.9 Å². The molecular weight excluding hydrogens is 288 g/mol. The number of aryl methyl sites for hydroxylation is 2. The van der Waals surface area contributed by atoms with Crippen LogP contribution in [-0.2, 0) is 0 Å². The van der Waals surface area contributed by atoms with Crippen molar-refractivity contribution in [3.8, 4) is 0 Å². The number of rotatable bonds is 3. The molecule has 2 aromatic rings. The maximum Gasteiger partial charge on any atom is 0.257 e. The van der Waals surface area contributed by atoms with Crippen LogP contribution in [0, 0.1) is 13.8 Å². The molecule has 0 atom stereocenters. The highest BCUT2D eigenvalue weighted by Gasteiger charge is 2.12. The van der Waals surface area contributed by atoms with Crippen molar-refractivity contribution in [1.29, 1.82) is 0 Å². The number of aromatic nitrogens is 1. The molecule has 0 bridgehead atoms. The summed E-state index contributed by atoms with van der Waals surface area (Å²) >= 11 is 0. The molecule has 120 valence electrons. The van der Waals surface area contributed by atoms with Crippen LogP contribution < -0.4 is 15.5 Å². The molecule has 5 nitrogen and oxygen atoms in total. The van der Waals surface area contributed by atoms with Crippen LogP contribution in [0.5, 0.6) is 0 Å². The van der Waals surface area contributed by atoms with E-state index in [1.165, 1.54) is 0 Å². The van der Waals surface area contributed by atoms with Gasteiger partial charge in [-0.15, -0.1) is 0 Å². The van der Waals surface area contributed by atoms with Gasteiger partial charge in [-0.1, -0.05) is 17.7 Å². The molecule has 1 aromatic heterocycles. The van der Waals surface area contributed by atoms with Gasteiger partial charge in [-0.25, -0.2) is 4.98 Å². The number of nitrogens with one attached hydrogen (secondary N) is 2. The molecule has 2 heterocycles. The van der Waals surface area contributed by atoms with E-state index >= 15 is 0 Å². The van der Waals surface area contributed by atoms with E-state index in [0.29, 0.717) is 11.4 Å². The Morgan fingerprint density at radius 1 is 1.17 bits per heavy atom. The molecule has 1 fully saturated rings. The highest BCUT2D eigenvalue weighted by Crippen LogP contribution is 2.17. The van der Waals surface area contributed by atoms with E-state index in [4.69, 9.17) is 0 Å². The Morgan fingerprint density at radius 3 is 2.65 bits per heavy atom. The molecule has 0 saturated carbocycles. The lowest BCUT2D eigenvalue weighted by Gasteiger charge is -2.29. The van der Waals surface area contributed by atoms with E-state index in [9.17, 15) is 4.79 Å². The van der Waals surface area contributed by atoms with Gasteiger partial charge in [-0.05, 0) is 37.6 Å². The van der Waals surface area contributed by atoms with Crippen LogP contribution in [0.3, 0.4) is 0 Å². The fourth-order valence-corrected chi connectivity index (χ4v) is 2.73. The molecule has 1 aliphatic rings. The fourth-order valence-electron chi connectivity index (χ4n) is 2.73. The Labute approximate surface area is 136 Å². The van der Waals surface area contributed by atoms with Gasteiger partial charge < -0.3 is 15.5 Å². The number of piperazine rings is 1. The summed E-state index contributed by atoms with van der Waals surface area (Å²) in [4.78, 5) is 19.1. The van der Waals surface area contributed by atoms with Gasteiger partial charge in [-0.2, -0.15) is 0 Å². The first-order chi connectivity index (χ1) is 11.1. The topological polar surface area (TPSA) is 57.3 Å². The first kappa shape index (κ1) is 15.5. The zero-order valence-electron chi connectivity index (χ0n) is 13.6. The van der Waals surface area contributed by atoms with E-state index in [1.807, 2.05) is 50.4 Å². The van der Waals surface area contributed by atoms with Crippen molar-refractivity contribution in [3.05, 3.63) is 53.2 Å². The monoisotopic (exact) mass is 310 g/mol. The fraction of sp³-hybridized carbons (Fsp3) is 0.333. The minimum absolute atomic E-state index is 0.117. The molecule has 1 amide bonds. The normalized spacial score (nSPS) is 14.6. The quantitative estimate of drug-likeness (QED) is 0.914. The van der Waals surface area contributed by atoms with Gasteiger partial charge in [-0.3, -0.25) is 4.79 Å². The second kappa shape index (κ2) is 6.79. The van der Waals surface area contributed by atoms with Crippen molar-refractivity contribution in [2.75, 3.05) is 36.4 Å². The maximum atomic E-state index is 12.4. The third-order valence-electron chi connectivity index (χ3n) is 4.11. The Kier molecular flexibility index (Phi) is 4.57. The van der Waals surface area contributed by atoms with Gasteiger partial charge in [0.2, 0.25) is 0 Å². The van der Waals surface area contributed by atoms with Gasteiger partial charge in [0.25, 0.3) is 5.91 Å². The van der Waals surface area contributed by atoms with Crippen molar-refractivity contribution in [1.82, 2.24) is 10.3 Å². The largest absolute Gasteiger partial charge is 0.368 e. The van der Waals surface area contributed by atoms with Crippen molar-refractivity contribution in [3.63, 3.8) is 0 Å². The van der Waals surface area contributed by atoms with Crippen molar-refractivity contribution < 1.29 is 4.79 Å². The van der Waals surface area contributed by atoms with E-state index < -0.39 is 0 Å². The van der Waals surface area contributed by atoms with E-state index in [2.05, 4.69) is 20.5 Å². The van der Waals surface area contributed by atoms with Gasteiger partial charge >= 0.3 is 0 Å². The highest BCUT2D eigenvalue weighted by atomic mass is 16.1. The third-order valence-corrected chi connectivity index (χ3v) is 4.11. The Bertz CT molecular complexity index is 691. The number of anilines is 2. The Balaban J connectivity index is 1.70. The van der Waals surface area contributed by atoms with Crippen molar-refractivity contribution >= 4 is 17.4 Å². The lowest BCUT2D eigenvalue weighted by atomic mass is 10.1. The molecular formula is C18H22N4O. The van der Waals surface area contributed by atoms with Gasteiger partial charge in [0.15, 0.2) is 0 Å². The Morgan fingerprint density at radius 2 is 1.96 bits per heavy atom. The average molecular weight is 310 g/mol. The van der Waals surface area contributed by atoms with Crippen molar-refractivity contribution in [2.45, 2.75) is 13.8 Å². The molecule has 0 radical (unpaired) electrons. The summed E-state index contributed by atoms with van der Waals surface area (Å²) in [5.41, 5.74) is 3.82. The van der Waals surface area contributed by atoms with Crippen molar-refractivity contribution in [2.24, 2.45) is 0 Å². The van der Waals surface area contributed by atoms with E-state index in [-0.39, 0.29) is 5.91 Å². The molecule has 5 heteroatoms. The number of carbonyl (C=O) groups excluding carboxylic acids is 1. The summed E-state index contributed by atoms with van der Waals surface area (Å²) in [6.07, 6.45) is 1.82. The minimum atomic E-state index is -0.117. The first-order valence-electron chi connectivity index (χ1n) is 7.94. The second-order valence-electron chi connectivity index (χ2n) is 5.91. The number of hydrogen-bond acceptors (Lipinski definition) is 4. The van der Waals surface area contributed by atoms with E-state index in [1.54, 1.807) is 0 Å². The number of nitrogens with zero attached hydrogens (tertiary/aromatic N) is 2. The van der Waals surface area contributed by atoms with Crippen LogP contribution in [0.1, 0.15) is 21.5 Å².